The normalized spacial score (nSPS) is 14.9. The summed E-state index contributed by atoms with van der Waals surface area (Å²) in [5.74, 6) is -0.280. The van der Waals surface area contributed by atoms with Gasteiger partial charge in [0.25, 0.3) is 5.91 Å². The van der Waals surface area contributed by atoms with Crippen molar-refractivity contribution in [1.82, 2.24) is 10.2 Å². The molecule has 0 saturated carbocycles. The third kappa shape index (κ3) is 4.43. The monoisotopic (exact) mass is 416 g/mol. The van der Waals surface area contributed by atoms with E-state index in [2.05, 4.69) is 21.2 Å². The topological polar surface area (TPSA) is 69.6 Å². The molecule has 3 rings (SSSR count). The number of phenolic OH excluding ortho intramolecular Hbond substituents is 1. The number of rotatable bonds is 4. The summed E-state index contributed by atoms with van der Waals surface area (Å²) in [5.41, 5.74) is 1.35. The molecule has 1 aliphatic rings. The second-order valence-corrected chi connectivity index (χ2v) is 7.35. The highest BCUT2D eigenvalue weighted by Crippen LogP contribution is 2.26. The number of hydrogen-bond acceptors (Lipinski definition) is 3. The second-order valence-electron chi connectivity index (χ2n) is 6.43. The van der Waals surface area contributed by atoms with Crippen LogP contribution in [0.2, 0.25) is 0 Å². The SMILES string of the molecule is O=C(NCc1ccccc1)C1CCN(C(=O)c2cc(Br)ccc2O)CC1. The van der Waals surface area contributed by atoms with Crippen LogP contribution in [0.4, 0.5) is 0 Å². The van der Waals surface area contributed by atoms with Crippen LogP contribution in [0, 0.1) is 5.92 Å². The van der Waals surface area contributed by atoms with Crippen LogP contribution in [0.25, 0.3) is 0 Å². The highest BCUT2D eigenvalue weighted by molar-refractivity contribution is 9.10. The van der Waals surface area contributed by atoms with Crippen molar-refractivity contribution in [3.63, 3.8) is 0 Å². The second kappa shape index (κ2) is 8.36. The zero-order valence-electron chi connectivity index (χ0n) is 14.3. The lowest BCUT2D eigenvalue weighted by molar-refractivity contribution is -0.126. The van der Waals surface area contributed by atoms with Crippen molar-refractivity contribution in [2.24, 2.45) is 5.92 Å². The molecule has 5 nitrogen and oxygen atoms in total. The fourth-order valence-electron chi connectivity index (χ4n) is 3.12. The summed E-state index contributed by atoms with van der Waals surface area (Å²) in [7, 11) is 0. The first-order valence-electron chi connectivity index (χ1n) is 8.64. The quantitative estimate of drug-likeness (QED) is 0.802. The van der Waals surface area contributed by atoms with Gasteiger partial charge in [0, 0.05) is 30.0 Å². The molecule has 0 spiro atoms. The molecule has 0 bridgehead atoms. The molecule has 2 aromatic rings. The van der Waals surface area contributed by atoms with E-state index in [4.69, 9.17) is 0 Å². The Morgan fingerprint density at radius 3 is 2.50 bits per heavy atom. The number of benzene rings is 2. The summed E-state index contributed by atoms with van der Waals surface area (Å²) in [4.78, 5) is 26.7. The average Bonchev–Trinajstić information content (AvgIpc) is 2.68. The molecular formula is C20H21BrN2O3. The van der Waals surface area contributed by atoms with E-state index in [-0.39, 0.29) is 29.0 Å². The molecule has 0 aromatic heterocycles. The van der Waals surface area contributed by atoms with Gasteiger partial charge >= 0.3 is 0 Å². The minimum absolute atomic E-state index is 0.0269. The van der Waals surface area contributed by atoms with Crippen molar-refractivity contribution in [1.29, 1.82) is 0 Å². The van der Waals surface area contributed by atoms with Gasteiger partial charge in [0.1, 0.15) is 5.75 Å². The predicted molar refractivity (Wildman–Crippen MR) is 103 cm³/mol. The fraction of sp³-hybridized carbons (Fsp3) is 0.300. The lowest BCUT2D eigenvalue weighted by Crippen LogP contribution is -2.43. The fourth-order valence-corrected chi connectivity index (χ4v) is 3.49. The largest absolute Gasteiger partial charge is 0.507 e. The smallest absolute Gasteiger partial charge is 0.257 e. The van der Waals surface area contributed by atoms with Crippen molar-refractivity contribution in [2.75, 3.05) is 13.1 Å². The molecule has 2 N–H and O–H groups in total. The minimum Gasteiger partial charge on any atom is -0.507 e. The van der Waals surface area contributed by atoms with Gasteiger partial charge in [-0.1, -0.05) is 46.3 Å². The lowest BCUT2D eigenvalue weighted by atomic mass is 9.95. The highest BCUT2D eigenvalue weighted by atomic mass is 79.9. The van der Waals surface area contributed by atoms with Crippen LogP contribution in [0.1, 0.15) is 28.8 Å². The number of nitrogens with zero attached hydrogens (tertiary/aromatic N) is 1. The molecule has 0 radical (unpaired) electrons. The Bertz CT molecular complexity index is 787. The first-order chi connectivity index (χ1) is 12.5. The standard InChI is InChI=1S/C20H21BrN2O3/c21-16-6-7-18(24)17(12-16)20(26)23-10-8-15(9-11-23)19(25)22-13-14-4-2-1-3-5-14/h1-7,12,15,24H,8-11,13H2,(H,22,25). The van der Waals surface area contributed by atoms with E-state index in [0.29, 0.717) is 32.5 Å². The van der Waals surface area contributed by atoms with Crippen LogP contribution in [0.15, 0.2) is 53.0 Å². The number of aromatic hydroxyl groups is 1. The Morgan fingerprint density at radius 2 is 1.81 bits per heavy atom. The molecule has 0 aliphatic carbocycles. The van der Waals surface area contributed by atoms with Gasteiger partial charge in [0.2, 0.25) is 5.91 Å². The van der Waals surface area contributed by atoms with E-state index in [9.17, 15) is 14.7 Å². The molecule has 6 heteroatoms. The van der Waals surface area contributed by atoms with E-state index >= 15 is 0 Å². The first-order valence-corrected chi connectivity index (χ1v) is 9.43. The Kier molecular flexibility index (Phi) is 5.93. The number of hydrogen-bond donors (Lipinski definition) is 2. The zero-order chi connectivity index (χ0) is 18.5. The van der Waals surface area contributed by atoms with Crippen molar-refractivity contribution in [2.45, 2.75) is 19.4 Å². The van der Waals surface area contributed by atoms with Gasteiger partial charge in [0.05, 0.1) is 5.56 Å². The van der Waals surface area contributed by atoms with Crippen LogP contribution in [0.3, 0.4) is 0 Å². The molecule has 0 unspecified atom stereocenters. The maximum absolute atomic E-state index is 12.6. The van der Waals surface area contributed by atoms with Gasteiger partial charge in [-0.3, -0.25) is 9.59 Å². The Labute approximate surface area is 161 Å². The molecule has 1 fully saturated rings. The van der Waals surface area contributed by atoms with Crippen molar-refractivity contribution in [3.8, 4) is 5.75 Å². The number of amides is 2. The number of piperidine rings is 1. The molecule has 1 saturated heterocycles. The van der Waals surface area contributed by atoms with Gasteiger partial charge < -0.3 is 15.3 Å². The van der Waals surface area contributed by atoms with Gasteiger partial charge in [-0.2, -0.15) is 0 Å². The predicted octanol–water partition coefficient (Wildman–Crippen LogP) is 3.32. The van der Waals surface area contributed by atoms with Gasteiger partial charge in [-0.25, -0.2) is 0 Å². The first kappa shape index (κ1) is 18.5. The third-order valence-corrected chi connectivity index (χ3v) is 5.14. The molecule has 26 heavy (non-hydrogen) atoms. The van der Waals surface area contributed by atoms with E-state index in [1.807, 2.05) is 30.3 Å². The Balaban J connectivity index is 1.53. The van der Waals surface area contributed by atoms with Crippen molar-refractivity contribution < 1.29 is 14.7 Å². The highest BCUT2D eigenvalue weighted by Gasteiger charge is 2.28. The van der Waals surface area contributed by atoms with Crippen LogP contribution >= 0.6 is 15.9 Å². The Morgan fingerprint density at radius 1 is 1.12 bits per heavy atom. The number of likely N-dealkylation sites (tertiary alicyclic amines) is 1. The summed E-state index contributed by atoms with van der Waals surface area (Å²) >= 11 is 3.32. The minimum atomic E-state index is -0.202. The summed E-state index contributed by atoms with van der Waals surface area (Å²) in [6.45, 7) is 1.53. The molecule has 2 aromatic carbocycles. The number of phenols is 1. The maximum atomic E-state index is 12.6. The summed E-state index contributed by atoms with van der Waals surface area (Å²) in [6, 6.07) is 14.6. The van der Waals surface area contributed by atoms with E-state index in [1.54, 1.807) is 17.0 Å². The summed E-state index contributed by atoms with van der Waals surface area (Å²) < 4.78 is 0.744. The van der Waals surface area contributed by atoms with Crippen LogP contribution in [-0.2, 0) is 11.3 Å². The summed E-state index contributed by atoms with van der Waals surface area (Å²) in [6.07, 6.45) is 1.25. The average molecular weight is 417 g/mol. The van der Waals surface area contributed by atoms with Gasteiger partial charge in [-0.15, -0.1) is 0 Å². The Hall–Kier alpha value is -2.34. The third-order valence-electron chi connectivity index (χ3n) is 4.65. The number of carbonyl (C=O) groups excluding carboxylic acids is 2. The van der Waals surface area contributed by atoms with Crippen LogP contribution in [-0.4, -0.2) is 34.9 Å². The van der Waals surface area contributed by atoms with Crippen molar-refractivity contribution in [3.05, 3.63) is 64.1 Å². The van der Waals surface area contributed by atoms with Gasteiger partial charge in [0.15, 0.2) is 0 Å². The molecule has 2 amide bonds. The zero-order valence-corrected chi connectivity index (χ0v) is 15.9. The lowest BCUT2D eigenvalue weighted by Gasteiger charge is -2.31. The van der Waals surface area contributed by atoms with Crippen LogP contribution < -0.4 is 5.32 Å². The maximum Gasteiger partial charge on any atom is 0.257 e. The molecular weight excluding hydrogens is 396 g/mol. The molecule has 136 valence electrons. The van der Waals surface area contributed by atoms with E-state index in [0.717, 1.165) is 10.0 Å². The molecule has 1 heterocycles. The van der Waals surface area contributed by atoms with Crippen LogP contribution in [0.5, 0.6) is 5.75 Å². The summed E-state index contributed by atoms with van der Waals surface area (Å²) in [5, 5.41) is 12.9. The van der Waals surface area contributed by atoms with E-state index < -0.39 is 0 Å². The number of nitrogens with one attached hydrogen (secondary N) is 1. The molecule has 0 atom stereocenters. The number of carbonyl (C=O) groups is 2. The molecule has 1 aliphatic heterocycles. The number of halogens is 1. The van der Waals surface area contributed by atoms with Crippen molar-refractivity contribution >= 4 is 27.7 Å². The van der Waals surface area contributed by atoms with E-state index in [1.165, 1.54) is 6.07 Å². The van der Waals surface area contributed by atoms with Gasteiger partial charge in [-0.05, 0) is 36.6 Å².